The van der Waals surface area contributed by atoms with E-state index in [1.165, 1.54) is 0 Å². The minimum absolute atomic E-state index is 0.881. The average molecular weight is 264 g/mol. The van der Waals surface area contributed by atoms with E-state index in [0.717, 1.165) is 34.0 Å². The SMILES string of the molecule is CNc1cccc(-c2nc(-c3ccncc3)c(C)[nH]2)c1. The Morgan fingerprint density at radius 3 is 2.60 bits per heavy atom. The van der Waals surface area contributed by atoms with Crippen molar-refractivity contribution in [3.05, 3.63) is 54.5 Å². The maximum absolute atomic E-state index is 4.71. The molecule has 1 aromatic carbocycles. The number of H-pyrrole nitrogens is 1. The number of aryl methyl sites for hydroxylation is 1. The normalized spacial score (nSPS) is 10.5. The maximum atomic E-state index is 4.71. The van der Waals surface area contributed by atoms with Gasteiger partial charge in [0.2, 0.25) is 0 Å². The summed E-state index contributed by atoms with van der Waals surface area (Å²) in [7, 11) is 1.91. The molecule has 0 bridgehead atoms. The number of aromatic nitrogens is 3. The van der Waals surface area contributed by atoms with Crippen LogP contribution in [0.5, 0.6) is 0 Å². The molecule has 3 aromatic rings. The van der Waals surface area contributed by atoms with Gasteiger partial charge in [-0.05, 0) is 31.2 Å². The molecule has 100 valence electrons. The van der Waals surface area contributed by atoms with Gasteiger partial charge >= 0.3 is 0 Å². The summed E-state index contributed by atoms with van der Waals surface area (Å²) < 4.78 is 0. The van der Waals surface area contributed by atoms with Gasteiger partial charge in [-0.3, -0.25) is 4.98 Å². The van der Waals surface area contributed by atoms with E-state index in [1.54, 1.807) is 12.4 Å². The Hall–Kier alpha value is -2.62. The number of pyridine rings is 1. The third kappa shape index (κ3) is 2.28. The van der Waals surface area contributed by atoms with Crippen molar-refractivity contribution in [1.29, 1.82) is 0 Å². The van der Waals surface area contributed by atoms with Crippen LogP contribution in [0.15, 0.2) is 48.8 Å². The first-order valence-electron chi connectivity index (χ1n) is 6.53. The van der Waals surface area contributed by atoms with E-state index in [0.29, 0.717) is 0 Å². The van der Waals surface area contributed by atoms with Gasteiger partial charge in [-0.15, -0.1) is 0 Å². The summed E-state index contributed by atoms with van der Waals surface area (Å²) in [5.41, 5.74) is 5.24. The molecule has 20 heavy (non-hydrogen) atoms. The highest BCUT2D eigenvalue weighted by atomic mass is 14.9. The highest BCUT2D eigenvalue weighted by Gasteiger charge is 2.10. The average Bonchev–Trinajstić information content (AvgIpc) is 2.90. The summed E-state index contributed by atoms with van der Waals surface area (Å²) in [5.74, 6) is 0.881. The molecule has 0 fully saturated rings. The molecule has 0 aliphatic rings. The third-order valence-electron chi connectivity index (χ3n) is 3.26. The van der Waals surface area contributed by atoms with E-state index in [4.69, 9.17) is 4.98 Å². The summed E-state index contributed by atoms with van der Waals surface area (Å²) in [5, 5.41) is 3.14. The van der Waals surface area contributed by atoms with Crippen molar-refractivity contribution in [3.8, 4) is 22.6 Å². The zero-order valence-electron chi connectivity index (χ0n) is 11.5. The number of imidazole rings is 1. The van der Waals surface area contributed by atoms with Gasteiger partial charge in [0.05, 0.1) is 5.69 Å². The molecule has 0 spiro atoms. The smallest absolute Gasteiger partial charge is 0.138 e. The van der Waals surface area contributed by atoms with Crippen molar-refractivity contribution in [2.75, 3.05) is 12.4 Å². The number of aromatic amines is 1. The Kier molecular flexibility index (Phi) is 3.21. The molecule has 2 aromatic heterocycles. The molecule has 0 aliphatic carbocycles. The van der Waals surface area contributed by atoms with E-state index >= 15 is 0 Å². The summed E-state index contributed by atoms with van der Waals surface area (Å²) in [6.45, 7) is 2.04. The van der Waals surface area contributed by atoms with Gasteiger partial charge in [0.25, 0.3) is 0 Å². The van der Waals surface area contributed by atoms with Crippen LogP contribution in [-0.4, -0.2) is 22.0 Å². The Labute approximate surface area is 117 Å². The van der Waals surface area contributed by atoms with Crippen LogP contribution in [0.1, 0.15) is 5.69 Å². The van der Waals surface area contributed by atoms with E-state index in [1.807, 2.05) is 38.2 Å². The second-order valence-electron chi connectivity index (χ2n) is 4.63. The first-order valence-corrected chi connectivity index (χ1v) is 6.53. The maximum Gasteiger partial charge on any atom is 0.138 e. The summed E-state index contributed by atoms with van der Waals surface area (Å²) in [4.78, 5) is 12.1. The Morgan fingerprint density at radius 1 is 1.05 bits per heavy atom. The van der Waals surface area contributed by atoms with Gasteiger partial charge in [-0.1, -0.05) is 12.1 Å². The van der Waals surface area contributed by atoms with Crippen LogP contribution >= 0.6 is 0 Å². The van der Waals surface area contributed by atoms with Crippen LogP contribution < -0.4 is 5.32 Å². The number of nitrogens with one attached hydrogen (secondary N) is 2. The van der Waals surface area contributed by atoms with Crippen molar-refractivity contribution in [3.63, 3.8) is 0 Å². The lowest BCUT2D eigenvalue weighted by Crippen LogP contribution is -1.88. The lowest BCUT2D eigenvalue weighted by atomic mass is 10.2. The summed E-state index contributed by atoms with van der Waals surface area (Å²) in [6.07, 6.45) is 3.56. The predicted octanol–water partition coefficient (Wildman–Crippen LogP) is 3.49. The molecule has 0 atom stereocenters. The second kappa shape index (κ2) is 5.17. The molecule has 0 unspecified atom stereocenters. The van der Waals surface area contributed by atoms with Crippen LogP contribution in [0.4, 0.5) is 5.69 Å². The standard InChI is InChI=1S/C16H16N4/c1-11-15(12-6-8-18-9-7-12)20-16(19-11)13-4-3-5-14(10-13)17-2/h3-10,17H,1-2H3,(H,19,20). The lowest BCUT2D eigenvalue weighted by molar-refractivity contribution is 1.25. The molecule has 4 nitrogen and oxygen atoms in total. The van der Waals surface area contributed by atoms with Crippen LogP contribution in [0.25, 0.3) is 22.6 Å². The van der Waals surface area contributed by atoms with Gasteiger partial charge in [-0.25, -0.2) is 4.98 Å². The van der Waals surface area contributed by atoms with Gasteiger partial charge in [0.15, 0.2) is 0 Å². The third-order valence-corrected chi connectivity index (χ3v) is 3.26. The molecule has 4 heteroatoms. The molecular formula is C16H16N4. The van der Waals surface area contributed by atoms with E-state index in [9.17, 15) is 0 Å². The van der Waals surface area contributed by atoms with Crippen LogP contribution in [0.2, 0.25) is 0 Å². The minimum atomic E-state index is 0.881. The number of anilines is 1. The molecule has 0 saturated carbocycles. The van der Waals surface area contributed by atoms with Crippen molar-refractivity contribution >= 4 is 5.69 Å². The fourth-order valence-corrected chi connectivity index (χ4v) is 2.21. The number of hydrogen-bond donors (Lipinski definition) is 2. The van der Waals surface area contributed by atoms with Gasteiger partial charge in [0, 0.05) is 41.9 Å². The number of hydrogen-bond acceptors (Lipinski definition) is 3. The molecule has 3 rings (SSSR count). The zero-order chi connectivity index (χ0) is 13.9. The van der Waals surface area contributed by atoms with Crippen molar-refractivity contribution < 1.29 is 0 Å². The molecule has 0 saturated heterocycles. The molecule has 0 radical (unpaired) electrons. The summed E-state index contributed by atoms with van der Waals surface area (Å²) in [6, 6.07) is 12.1. The van der Waals surface area contributed by atoms with E-state index in [2.05, 4.69) is 27.4 Å². The number of nitrogens with zero attached hydrogens (tertiary/aromatic N) is 2. The largest absolute Gasteiger partial charge is 0.388 e. The van der Waals surface area contributed by atoms with Gasteiger partial charge < -0.3 is 10.3 Å². The molecule has 2 heterocycles. The second-order valence-corrected chi connectivity index (χ2v) is 4.63. The first-order chi connectivity index (χ1) is 9.78. The van der Waals surface area contributed by atoms with Crippen LogP contribution in [-0.2, 0) is 0 Å². The zero-order valence-corrected chi connectivity index (χ0v) is 11.5. The molecule has 0 aliphatic heterocycles. The van der Waals surface area contributed by atoms with Gasteiger partial charge in [0.1, 0.15) is 5.82 Å². The van der Waals surface area contributed by atoms with Gasteiger partial charge in [-0.2, -0.15) is 0 Å². The highest BCUT2D eigenvalue weighted by Crippen LogP contribution is 2.26. The number of rotatable bonds is 3. The topological polar surface area (TPSA) is 53.6 Å². The lowest BCUT2D eigenvalue weighted by Gasteiger charge is -2.01. The monoisotopic (exact) mass is 264 g/mol. The Morgan fingerprint density at radius 2 is 1.85 bits per heavy atom. The van der Waals surface area contributed by atoms with Crippen LogP contribution in [0.3, 0.4) is 0 Å². The highest BCUT2D eigenvalue weighted by molar-refractivity contribution is 5.68. The first kappa shape index (κ1) is 12.4. The van der Waals surface area contributed by atoms with E-state index < -0.39 is 0 Å². The quantitative estimate of drug-likeness (QED) is 0.761. The molecule has 0 amide bonds. The Balaban J connectivity index is 2.04. The minimum Gasteiger partial charge on any atom is -0.388 e. The summed E-state index contributed by atoms with van der Waals surface area (Å²) >= 11 is 0. The van der Waals surface area contributed by atoms with E-state index in [-0.39, 0.29) is 0 Å². The van der Waals surface area contributed by atoms with Crippen molar-refractivity contribution in [2.45, 2.75) is 6.92 Å². The fraction of sp³-hybridized carbons (Fsp3) is 0.125. The fourth-order valence-electron chi connectivity index (χ4n) is 2.21. The van der Waals surface area contributed by atoms with Crippen molar-refractivity contribution in [2.24, 2.45) is 0 Å². The Bertz CT molecular complexity index is 716. The molecule has 2 N–H and O–H groups in total. The molecular weight excluding hydrogens is 248 g/mol. The predicted molar refractivity (Wildman–Crippen MR) is 81.5 cm³/mol. The number of benzene rings is 1. The van der Waals surface area contributed by atoms with Crippen LogP contribution in [0, 0.1) is 6.92 Å². The van der Waals surface area contributed by atoms with Crippen molar-refractivity contribution in [1.82, 2.24) is 15.0 Å².